The second-order valence-electron chi connectivity index (χ2n) is 6.69. The zero-order valence-corrected chi connectivity index (χ0v) is 13.9. The first kappa shape index (κ1) is 15.3. The molecular formula is C18H27ClN2. The fourth-order valence-corrected chi connectivity index (χ4v) is 4.21. The van der Waals surface area contributed by atoms with Crippen LogP contribution in [0.15, 0.2) is 24.3 Å². The Balaban J connectivity index is 1.54. The largest absolute Gasteiger partial charge is 0.303 e. The first-order chi connectivity index (χ1) is 10.2. The summed E-state index contributed by atoms with van der Waals surface area (Å²) in [5.41, 5.74) is 1.31. The Bertz CT molecular complexity index is 462. The fraction of sp³-hybridized carbons (Fsp3) is 0.667. The standard InChI is InChI=1S/C18H27ClN2/c1-20-11-4-7-16(20)10-13-21-12-5-8-17(21)14-15-6-2-3-9-18(15)19/h2-3,6,9,16-17H,4-5,7-8,10-14H2,1H3. The van der Waals surface area contributed by atoms with Crippen molar-refractivity contribution in [3.63, 3.8) is 0 Å². The molecule has 2 aliphatic rings. The van der Waals surface area contributed by atoms with E-state index in [4.69, 9.17) is 11.6 Å². The Hall–Kier alpha value is -0.570. The quantitative estimate of drug-likeness (QED) is 0.816. The molecule has 0 radical (unpaired) electrons. The summed E-state index contributed by atoms with van der Waals surface area (Å²) in [5.74, 6) is 0. The van der Waals surface area contributed by atoms with Crippen molar-refractivity contribution in [1.82, 2.24) is 9.80 Å². The summed E-state index contributed by atoms with van der Waals surface area (Å²) in [6.07, 6.45) is 7.88. The van der Waals surface area contributed by atoms with Gasteiger partial charge in [-0.2, -0.15) is 0 Å². The van der Waals surface area contributed by atoms with Gasteiger partial charge in [0, 0.05) is 17.1 Å². The van der Waals surface area contributed by atoms with E-state index in [9.17, 15) is 0 Å². The summed E-state index contributed by atoms with van der Waals surface area (Å²) in [5, 5.41) is 0.930. The molecule has 0 amide bonds. The molecule has 0 aliphatic carbocycles. The van der Waals surface area contributed by atoms with Crippen LogP contribution in [0.2, 0.25) is 5.02 Å². The minimum absolute atomic E-state index is 0.691. The normalized spacial score (nSPS) is 27.5. The first-order valence-electron chi connectivity index (χ1n) is 8.42. The molecule has 0 spiro atoms. The monoisotopic (exact) mass is 306 g/mol. The minimum atomic E-state index is 0.691. The van der Waals surface area contributed by atoms with Crippen LogP contribution in [-0.4, -0.2) is 48.6 Å². The highest BCUT2D eigenvalue weighted by molar-refractivity contribution is 6.31. The summed E-state index contributed by atoms with van der Waals surface area (Å²) < 4.78 is 0. The maximum Gasteiger partial charge on any atom is 0.0438 e. The maximum atomic E-state index is 6.32. The molecule has 0 N–H and O–H groups in total. The van der Waals surface area contributed by atoms with E-state index in [1.807, 2.05) is 12.1 Å². The zero-order valence-electron chi connectivity index (χ0n) is 13.1. The van der Waals surface area contributed by atoms with E-state index in [1.165, 1.54) is 57.3 Å². The molecule has 2 aliphatic heterocycles. The number of hydrogen-bond donors (Lipinski definition) is 0. The molecule has 2 saturated heterocycles. The summed E-state index contributed by atoms with van der Waals surface area (Å²) >= 11 is 6.32. The third-order valence-electron chi connectivity index (χ3n) is 5.33. The summed E-state index contributed by atoms with van der Waals surface area (Å²) in [6, 6.07) is 9.83. The first-order valence-corrected chi connectivity index (χ1v) is 8.79. The van der Waals surface area contributed by atoms with Gasteiger partial charge in [0.15, 0.2) is 0 Å². The van der Waals surface area contributed by atoms with Crippen molar-refractivity contribution >= 4 is 11.6 Å². The van der Waals surface area contributed by atoms with Crippen LogP contribution in [0.1, 0.15) is 37.7 Å². The van der Waals surface area contributed by atoms with Gasteiger partial charge in [-0.15, -0.1) is 0 Å². The molecule has 21 heavy (non-hydrogen) atoms. The maximum absolute atomic E-state index is 6.32. The average Bonchev–Trinajstić information content (AvgIpc) is 3.08. The molecule has 2 fully saturated rings. The molecule has 0 bridgehead atoms. The molecular weight excluding hydrogens is 280 g/mol. The van der Waals surface area contributed by atoms with Gasteiger partial charge >= 0.3 is 0 Å². The SMILES string of the molecule is CN1CCCC1CCN1CCCC1Cc1ccccc1Cl. The van der Waals surface area contributed by atoms with Crippen molar-refractivity contribution < 1.29 is 0 Å². The van der Waals surface area contributed by atoms with Crippen LogP contribution in [-0.2, 0) is 6.42 Å². The van der Waals surface area contributed by atoms with Crippen LogP contribution in [0.4, 0.5) is 0 Å². The van der Waals surface area contributed by atoms with Gasteiger partial charge in [-0.3, -0.25) is 4.90 Å². The van der Waals surface area contributed by atoms with Crippen LogP contribution in [0.3, 0.4) is 0 Å². The van der Waals surface area contributed by atoms with Gasteiger partial charge in [-0.25, -0.2) is 0 Å². The smallest absolute Gasteiger partial charge is 0.0438 e. The average molecular weight is 307 g/mol. The lowest BCUT2D eigenvalue weighted by Gasteiger charge is -2.28. The summed E-state index contributed by atoms with van der Waals surface area (Å²) in [6.45, 7) is 3.81. The number of benzene rings is 1. The molecule has 0 aromatic heterocycles. The Morgan fingerprint density at radius 2 is 1.86 bits per heavy atom. The molecule has 2 unspecified atom stereocenters. The highest BCUT2D eigenvalue weighted by Gasteiger charge is 2.27. The fourth-order valence-electron chi connectivity index (χ4n) is 4.00. The summed E-state index contributed by atoms with van der Waals surface area (Å²) in [4.78, 5) is 5.24. The highest BCUT2D eigenvalue weighted by atomic mass is 35.5. The predicted molar refractivity (Wildman–Crippen MR) is 90.0 cm³/mol. The lowest BCUT2D eigenvalue weighted by Crippen LogP contribution is -2.35. The minimum Gasteiger partial charge on any atom is -0.303 e. The molecule has 2 heterocycles. The predicted octanol–water partition coefficient (Wildman–Crippen LogP) is 3.83. The van der Waals surface area contributed by atoms with Crippen molar-refractivity contribution in [3.8, 4) is 0 Å². The Kier molecular flexibility index (Phi) is 5.20. The Labute approximate surface area is 134 Å². The van der Waals surface area contributed by atoms with E-state index in [0.29, 0.717) is 6.04 Å². The number of halogens is 1. The second-order valence-corrected chi connectivity index (χ2v) is 7.10. The van der Waals surface area contributed by atoms with E-state index in [0.717, 1.165) is 17.5 Å². The van der Waals surface area contributed by atoms with Crippen molar-refractivity contribution in [1.29, 1.82) is 0 Å². The van der Waals surface area contributed by atoms with Crippen LogP contribution >= 0.6 is 11.6 Å². The number of rotatable bonds is 5. The summed E-state index contributed by atoms with van der Waals surface area (Å²) in [7, 11) is 2.28. The number of likely N-dealkylation sites (tertiary alicyclic amines) is 2. The van der Waals surface area contributed by atoms with Crippen LogP contribution in [0, 0.1) is 0 Å². The number of hydrogen-bond acceptors (Lipinski definition) is 2. The molecule has 1 aromatic carbocycles. The van der Waals surface area contributed by atoms with Crippen LogP contribution < -0.4 is 0 Å². The third kappa shape index (κ3) is 3.80. The van der Waals surface area contributed by atoms with Crippen molar-refractivity contribution in [2.24, 2.45) is 0 Å². The van der Waals surface area contributed by atoms with E-state index in [1.54, 1.807) is 0 Å². The van der Waals surface area contributed by atoms with E-state index < -0.39 is 0 Å². The third-order valence-corrected chi connectivity index (χ3v) is 5.70. The molecule has 0 saturated carbocycles. The van der Waals surface area contributed by atoms with Gasteiger partial charge in [0.2, 0.25) is 0 Å². The molecule has 116 valence electrons. The van der Waals surface area contributed by atoms with Crippen LogP contribution in [0.5, 0.6) is 0 Å². The van der Waals surface area contributed by atoms with Gasteiger partial charge < -0.3 is 4.90 Å². The Morgan fingerprint density at radius 3 is 2.62 bits per heavy atom. The lowest BCUT2D eigenvalue weighted by atomic mass is 10.0. The van der Waals surface area contributed by atoms with E-state index in [2.05, 4.69) is 29.0 Å². The van der Waals surface area contributed by atoms with Gasteiger partial charge in [0.1, 0.15) is 0 Å². The van der Waals surface area contributed by atoms with Crippen molar-refractivity contribution in [2.75, 3.05) is 26.7 Å². The molecule has 3 heteroatoms. The van der Waals surface area contributed by atoms with E-state index in [-0.39, 0.29) is 0 Å². The Morgan fingerprint density at radius 1 is 1.10 bits per heavy atom. The lowest BCUT2D eigenvalue weighted by molar-refractivity contribution is 0.210. The topological polar surface area (TPSA) is 6.48 Å². The second kappa shape index (κ2) is 7.13. The molecule has 3 rings (SSSR count). The number of nitrogens with zero attached hydrogens (tertiary/aromatic N) is 2. The van der Waals surface area contributed by atoms with Gasteiger partial charge in [-0.05, 0) is 76.8 Å². The molecule has 1 aromatic rings. The van der Waals surface area contributed by atoms with Crippen molar-refractivity contribution in [2.45, 2.75) is 50.6 Å². The van der Waals surface area contributed by atoms with Gasteiger partial charge in [0.05, 0.1) is 0 Å². The van der Waals surface area contributed by atoms with Gasteiger partial charge in [-0.1, -0.05) is 29.8 Å². The van der Waals surface area contributed by atoms with Gasteiger partial charge in [0.25, 0.3) is 0 Å². The molecule has 2 atom stereocenters. The van der Waals surface area contributed by atoms with E-state index >= 15 is 0 Å². The van der Waals surface area contributed by atoms with Crippen molar-refractivity contribution in [3.05, 3.63) is 34.9 Å². The molecule has 2 nitrogen and oxygen atoms in total. The zero-order chi connectivity index (χ0) is 14.7. The highest BCUT2D eigenvalue weighted by Crippen LogP contribution is 2.26. The van der Waals surface area contributed by atoms with Crippen LogP contribution in [0.25, 0.3) is 0 Å².